The molecule has 108 valence electrons. The van der Waals surface area contributed by atoms with Gasteiger partial charge in [-0.2, -0.15) is 16.9 Å². The number of aliphatic hydroxyl groups excluding tert-OH is 1. The van der Waals surface area contributed by atoms with Crippen molar-refractivity contribution in [3.63, 3.8) is 0 Å². The average molecular weight is 305 g/mol. The van der Waals surface area contributed by atoms with Gasteiger partial charge < -0.3 is 5.11 Å². The van der Waals surface area contributed by atoms with Crippen LogP contribution < -0.4 is 4.72 Å². The van der Waals surface area contributed by atoms with E-state index in [1.165, 1.54) is 29.9 Å². The van der Waals surface area contributed by atoms with Crippen molar-refractivity contribution < 1.29 is 13.5 Å². The normalized spacial score (nSPS) is 20.6. The van der Waals surface area contributed by atoms with Gasteiger partial charge in [0.25, 0.3) is 0 Å². The summed E-state index contributed by atoms with van der Waals surface area (Å²) in [7, 11) is -3.49. The zero-order valence-electron chi connectivity index (χ0n) is 10.7. The van der Waals surface area contributed by atoms with Gasteiger partial charge >= 0.3 is 0 Å². The van der Waals surface area contributed by atoms with Crippen molar-refractivity contribution in [2.45, 2.75) is 36.0 Å². The van der Waals surface area contributed by atoms with Gasteiger partial charge in [0.15, 0.2) is 0 Å². The fraction of sp³-hybridized carbons (Fsp3) is 0.727. The number of aliphatic hydroxyl groups is 1. The van der Waals surface area contributed by atoms with Crippen molar-refractivity contribution in [3.8, 4) is 0 Å². The SMILES string of the molecule is O=S(=O)(NCC1CCCCS1)c1cnn(CCO)c1. The van der Waals surface area contributed by atoms with E-state index in [2.05, 4.69) is 9.82 Å². The van der Waals surface area contributed by atoms with Gasteiger partial charge in [0, 0.05) is 18.0 Å². The maximum atomic E-state index is 12.1. The monoisotopic (exact) mass is 305 g/mol. The lowest BCUT2D eigenvalue weighted by Gasteiger charge is -2.21. The van der Waals surface area contributed by atoms with E-state index >= 15 is 0 Å². The summed E-state index contributed by atoms with van der Waals surface area (Å²) in [6.07, 6.45) is 6.21. The van der Waals surface area contributed by atoms with Crippen molar-refractivity contribution in [2.24, 2.45) is 0 Å². The van der Waals surface area contributed by atoms with Gasteiger partial charge in [-0.15, -0.1) is 0 Å². The fourth-order valence-electron chi connectivity index (χ4n) is 1.96. The van der Waals surface area contributed by atoms with Crippen LogP contribution in [0.25, 0.3) is 0 Å². The molecule has 1 saturated heterocycles. The van der Waals surface area contributed by atoms with Crippen LogP contribution in [0.4, 0.5) is 0 Å². The molecule has 0 spiro atoms. The third kappa shape index (κ3) is 4.20. The molecule has 1 aromatic heterocycles. The van der Waals surface area contributed by atoms with E-state index in [0.717, 1.165) is 12.2 Å². The summed E-state index contributed by atoms with van der Waals surface area (Å²) >= 11 is 1.83. The van der Waals surface area contributed by atoms with Crippen LogP contribution in [0.15, 0.2) is 17.3 Å². The van der Waals surface area contributed by atoms with Gasteiger partial charge in [-0.05, 0) is 18.6 Å². The first-order valence-electron chi connectivity index (χ1n) is 6.36. The van der Waals surface area contributed by atoms with E-state index in [0.29, 0.717) is 18.3 Å². The molecule has 8 heteroatoms. The predicted molar refractivity (Wildman–Crippen MR) is 74.6 cm³/mol. The highest BCUT2D eigenvalue weighted by molar-refractivity contribution is 8.00. The molecule has 0 bridgehead atoms. The van der Waals surface area contributed by atoms with Crippen LogP contribution in [0.1, 0.15) is 19.3 Å². The van der Waals surface area contributed by atoms with E-state index in [1.807, 2.05) is 11.8 Å². The standard InChI is InChI=1S/C11H19N3O3S2/c15-5-4-14-9-11(8-12-14)19(16,17)13-7-10-3-1-2-6-18-10/h8-10,13,15H,1-7H2. The van der Waals surface area contributed by atoms with Crippen LogP contribution in [0.3, 0.4) is 0 Å². The Balaban J connectivity index is 1.92. The van der Waals surface area contributed by atoms with E-state index < -0.39 is 10.0 Å². The zero-order chi connectivity index (χ0) is 13.7. The van der Waals surface area contributed by atoms with Crippen molar-refractivity contribution in [1.82, 2.24) is 14.5 Å². The second-order valence-corrected chi connectivity index (χ2v) is 7.68. The van der Waals surface area contributed by atoms with Crippen molar-refractivity contribution in [2.75, 3.05) is 18.9 Å². The van der Waals surface area contributed by atoms with E-state index in [9.17, 15) is 8.42 Å². The van der Waals surface area contributed by atoms with Gasteiger partial charge in [0.05, 0.1) is 19.3 Å². The number of nitrogens with one attached hydrogen (secondary N) is 1. The van der Waals surface area contributed by atoms with Crippen LogP contribution >= 0.6 is 11.8 Å². The highest BCUT2D eigenvalue weighted by Crippen LogP contribution is 2.24. The van der Waals surface area contributed by atoms with Crippen molar-refractivity contribution in [3.05, 3.63) is 12.4 Å². The minimum atomic E-state index is -3.49. The molecule has 19 heavy (non-hydrogen) atoms. The third-order valence-corrected chi connectivity index (χ3v) is 5.80. The number of hydrogen-bond acceptors (Lipinski definition) is 5. The molecule has 1 aliphatic rings. The Morgan fingerprint density at radius 2 is 2.37 bits per heavy atom. The van der Waals surface area contributed by atoms with Crippen LogP contribution in [0.2, 0.25) is 0 Å². The van der Waals surface area contributed by atoms with Gasteiger partial charge in [-0.25, -0.2) is 13.1 Å². The number of hydrogen-bond donors (Lipinski definition) is 2. The molecule has 1 aromatic rings. The molecule has 2 heterocycles. The number of thioether (sulfide) groups is 1. The average Bonchev–Trinajstić information content (AvgIpc) is 2.88. The first kappa shape index (κ1) is 14.8. The Bertz CT molecular complexity index is 495. The third-order valence-electron chi connectivity index (χ3n) is 3.02. The molecule has 1 unspecified atom stereocenters. The predicted octanol–water partition coefficient (Wildman–Crippen LogP) is 0.439. The Hall–Kier alpha value is -0.570. The molecule has 1 fully saturated rings. The molecular weight excluding hydrogens is 286 g/mol. The van der Waals surface area contributed by atoms with Crippen LogP contribution in [0.5, 0.6) is 0 Å². The minimum Gasteiger partial charge on any atom is -0.394 e. The summed E-state index contributed by atoms with van der Waals surface area (Å²) in [6, 6.07) is 0. The van der Waals surface area contributed by atoms with Gasteiger partial charge in [-0.3, -0.25) is 4.68 Å². The Morgan fingerprint density at radius 1 is 1.53 bits per heavy atom. The summed E-state index contributed by atoms with van der Waals surface area (Å²) in [5, 5.41) is 13.0. The van der Waals surface area contributed by atoms with Crippen LogP contribution in [0, 0.1) is 0 Å². The van der Waals surface area contributed by atoms with E-state index in [1.54, 1.807) is 0 Å². The fourth-order valence-corrected chi connectivity index (χ4v) is 4.34. The second kappa shape index (κ2) is 6.74. The smallest absolute Gasteiger partial charge is 0.243 e. The first-order valence-corrected chi connectivity index (χ1v) is 8.89. The number of sulfonamides is 1. The Morgan fingerprint density at radius 3 is 3.05 bits per heavy atom. The first-order chi connectivity index (χ1) is 9.12. The topological polar surface area (TPSA) is 84.2 Å². The lowest BCUT2D eigenvalue weighted by Crippen LogP contribution is -2.31. The van der Waals surface area contributed by atoms with E-state index in [4.69, 9.17) is 5.11 Å². The van der Waals surface area contributed by atoms with Crippen molar-refractivity contribution >= 4 is 21.8 Å². The van der Waals surface area contributed by atoms with Crippen LogP contribution in [-0.4, -0.2) is 47.5 Å². The molecule has 1 atom stereocenters. The quantitative estimate of drug-likeness (QED) is 0.797. The largest absolute Gasteiger partial charge is 0.394 e. The highest BCUT2D eigenvalue weighted by atomic mass is 32.2. The molecule has 0 radical (unpaired) electrons. The summed E-state index contributed by atoms with van der Waals surface area (Å²) in [5.74, 6) is 1.11. The summed E-state index contributed by atoms with van der Waals surface area (Å²) in [5.41, 5.74) is 0. The maximum absolute atomic E-state index is 12.1. The molecule has 2 rings (SSSR count). The summed E-state index contributed by atoms with van der Waals surface area (Å²) < 4.78 is 28.2. The zero-order valence-corrected chi connectivity index (χ0v) is 12.3. The number of nitrogens with zero attached hydrogens (tertiary/aromatic N) is 2. The molecule has 0 aliphatic carbocycles. The Labute approximate surface area is 117 Å². The van der Waals surface area contributed by atoms with E-state index in [-0.39, 0.29) is 11.5 Å². The maximum Gasteiger partial charge on any atom is 0.243 e. The number of rotatable bonds is 6. The lowest BCUT2D eigenvalue weighted by molar-refractivity contribution is 0.269. The molecule has 6 nitrogen and oxygen atoms in total. The van der Waals surface area contributed by atoms with Gasteiger partial charge in [0.1, 0.15) is 4.90 Å². The minimum absolute atomic E-state index is 0.0622. The summed E-state index contributed by atoms with van der Waals surface area (Å²) in [4.78, 5) is 0.154. The highest BCUT2D eigenvalue weighted by Gasteiger charge is 2.20. The molecular formula is C11H19N3O3S2. The molecule has 1 aliphatic heterocycles. The second-order valence-electron chi connectivity index (χ2n) is 4.50. The lowest BCUT2D eigenvalue weighted by atomic mass is 10.2. The molecule has 0 amide bonds. The molecule has 0 aromatic carbocycles. The molecule has 0 saturated carbocycles. The molecule has 2 N–H and O–H groups in total. The summed E-state index contributed by atoms with van der Waals surface area (Å²) in [6.45, 7) is 0.708. The van der Waals surface area contributed by atoms with Crippen molar-refractivity contribution in [1.29, 1.82) is 0 Å². The Kier molecular flexibility index (Phi) is 5.26. The van der Waals surface area contributed by atoms with Gasteiger partial charge in [-0.1, -0.05) is 6.42 Å². The van der Waals surface area contributed by atoms with Crippen LogP contribution in [-0.2, 0) is 16.6 Å². The number of aromatic nitrogens is 2. The van der Waals surface area contributed by atoms with Gasteiger partial charge in [0.2, 0.25) is 10.0 Å².